The van der Waals surface area contributed by atoms with Crippen LogP contribution in [0.2, 0.25) is 0 Å². The van der Waals surface area contributed by atoms with E-state index >= 15 is 0 Å². The molecule has 1 heterocycles. The van der Waals surface area contributed by atoms with Crippen molar-refractivity contribution in [3.8, 4) is 0 Å². The maximum atomic E-state index is 14.7. The minimum atomic E-state index is -5.59. The summed E-state index contributed by atoms with van der Waals surface area (Å²) in [5.41, 5.74) is 2.66. The average Bonchev–Trinajstić information content (AvgIpc) is 2.65. The van der Waals surface area contributed by atoms with E-state index in [1.165, 1.54) is 27.8 Å². The van der Waals surface area contributed by atoms with Gasteiger partial charge in [-0.05, 0) is 38.5 Å². The topological polar surface area (TPSA) is 85.0 Å². The van der Waals surface area contributed by atoms with Gasteiger partial charge in [0.25, 0.3) is 0 Å². The second-order valence-electron chi connectivity index (χ2n) is 7.74. The average molecular weight is 435 g/mol. The van der Waals surface area contributed by atoms with Crippen LogP contribution in [-0.4, -0.2) is 48.7 Å². The second-order valence-corrected chi connectivity index (χ2v) is 7.74. The zero-order chi connectivity index (χ0) is 23.3. The summed E-state index contributed by atoms with van der Waals surface area (Å²) >= 11 is 0. The van der Waals surface area contributed by atoms with Crippen LogP contribution in [0.15, 0.2) is 23.2 Å². The van der Waals surface area contributed by atoms with Crippen molar-refractivity contribution in [2.24, 2.45) is 16.1 Å². The van der Waals surface area contributed by atoms with Crippen molar-refractivity contribution >= 4 is 17.6 Å². The number of carbonyl (C=O) groups excluding carboxylic acids is 2. The number of guanidine groups is 1. The van der Waals surface area contributed by atoms with Crippen LogP contribution >= 0.6 is 0 Å². The van der Waals surface area contributed by atoms with Crippen molar-refractivity contribution in [3.63, 3.8) is 0 Å². The third kappa shape index (κ3) is 3.44. The molecule has 0 bridgehead atoms. The third-order valence-corrected chi connectivity index (χ3v) is 5.66. The van der Waals surface area contributed by atoms with Gasteiger partial charge >= 0.3 is 12.0 Å². The number of carbonyl (C=O) groups is 2. The molecule has 1 aromatic rings. The molecule has 1 amide bonds. The molecular formula is C19H22F5N3O3. The summed E-state index contributed by atoms with van der Waals surface area (Å²) in [6, 6.07) is 3.04. The first-order chi connectivity index (χ1) is 13.5. The maximum Gasteiger partial charge on any atom is 0.456 e. The summed E-state index contributed by atoms with van der Waals surface area (Å²) in [7, 11) is 1.82. The molecule has 0 aromatic heterocycles. The van der Waals surface area contributed by atoms with Gasteiger partial charge in [0.1, 0.15) is 11.4 Å². The van der Waals surface area contributed by atoms with Crippen LogP contribution in [0.25, 0.3) is 0 Å². The van der Waals surface area contributed by atoms with Gasteiger partial charge in [-0.25, -0.2) is 9.38 Å². The molecule has 1 aliphatic rings. The quantitative estimate of drug-likeness (QED) is 0.721. The molecule has 0 saturated carbocycles. The van der Waals surface area contributed by atoms with Gasteiger partial charge in [0, 0.05) is 26.1 Å². The first-order valence-corrected chi connectivity index (χ1v) is 8.79. The molecule has 0 fully saturated rings. The number of aliphatic imine (C=N–C) groups is 1. The van der Waals surface area contributed by atoms with E-state index in [9.17, 15) is 31.5 Å². The minimum Gasteiger partial charge on any atom is -0.369 e. The fourth-order valence-corrected chi connectivity index (χ4v) is 3.31. The Morgan fingerprint density at radius 3 is 2.30 bits per heavy atom. The first kappa shape index (κ1) is 23.7. The van der Waals surface area contributed by atoms with Crippen molar-refractivity contribution in [2.75, 3.05) is 14.2 Å². The Hall–Kier alpha value is -2.56. The highest BCUT2D eigenvalue weighted by Gasteiger charge is 2.62. The lowest BCUT2D eigenvalue weighted by molar-refractivity contribution is -0.306. The summed E-state index contributed by atoms with van der Waals surface area (Å²) in [4.78, 5) is 30.1. The molecule has 0 aliphatic carbocycles. The van der Waals surface area contributed by atoms with Crippen LogP contribution in [0, 0.1) is 11.2 Å². The molecule has 2 rings (SSSR count). The monoisotopic (exact) mass is 435 g/mol. The summed E-state index contributed by atoms with van der Waals surface area (Å²) in [5, 5.41) is 0. The normalized spacial score (nSPS) is 23.7. The largest absolute Gasteiger partial charge is 0.456 e. The van der Waals surface area contributed by atoms with E-state index in [-0.39, 0.29) is 17.1 Å². The van der Waals surface area contributed by atoms with Gasteiger partial charge in [-0.1, -0.05) is 6.07 Å². The summed E-state index contributed by atoms with van der Waals surface area (Å²) in [6.45, 7) is 4.47. The number of ether oxygens (including phenoxy) is 1. The zero-order valence-electron chi connectivity index (χ0n) is 17.0. The van der Waals surface area contributed by atoms with Crippen molar-refractivity contribution in [1.82, 2.24) is 4.90 Å². The summed E-state index contributed by atoms with van der Waals surface area (Å²) in [6.07, 6.45) is -6.62. The molecule has 1 unspecified atom stereocenters. The Morgan fingerprint density at radius 2 is 1.80 bits per heavy atom. The van der Waals surface area contributed by atoms with E-state index in [0.717, 1.165) is 23.1 Å². The molecule has 0 radical (unpaired) electrons. The van der Waals surface area contributed by atoms with Crippen LogP contribution in [0.4, 0.5) is 22.0 Å². The van der Waals surface area contributed by atoms with Gasteiger partial charge in [-0.15, -0.1) is 0 Å². The summed E-state index contributed by atoms with van der Waals surface area (Å²) < 4.78 is 71.4. The van der Waals surface area contributed by atoms with Crippen molar-refractivity contribution < 1.29 is 36.3 Å². The molecule has 6 nitrogen and oxygen atoms in total. The fourth-order valence-electron chi connectivity index (χ4n) is 3.31. The van der Waals surface area contributed by atoms with Crippen molar-refractivity contribution in [3.05, 3.63) is 35.1 Å². The molecule has 1 aliphatic heterocycles. The van der Waals surface area contributed by atoms with E-state index in [1.54, 1.807) is 0 Å². The number of methoxy groups -OCH3 is 1. The highest BCUT2D eigenvalue weighted by molar-refractivity contribution is 6.01. The molecular weight excluding hydrogens is 413 g/mol. The lowest BCUT2D eigenvalue weighted by Gasteiger charge is -2.46. The van der Waals surface area contributed by atoms with Crippen LogP contribution in [0.5, 0.6) is 0 Å². The Morgan fingerprint density at radius 1 is 1.23 bits per heavy atom. The zero-order valence-corrected chi connectivity index (χ0v) is 17.0. The number of rotatable bonds is 5. The predicted molar refractivity (Wildman–Crippen MR) is 97.5 cm³/mol. The van der Waals surface area contributed by atoms with E-state index < -0.39 is 46.9 Å². The first-order valence-electron chi connectivity index (χ1n) is 8.79. The van der Waals surface area contributed by atoms with E-state index in [1.807, 2.05) is 0 Å². The number of nitrogens with zero attached hydrogens (tertiary/aromatic N) is 2. The Labute approximate surface area is 169 Å². The molecule has 1 aromatic carbocycles. The smallest absolute Gasteiger partial charge is 0.369 e. The molecule has 2 atom stereocenters. The van der Waals surface area contributed by atoms with Gasteiger partial charge in [0.15, 0.2) is 5.96 Å². The standard InChI is InChI=1S/C19H22F5N3O3/c1-16(2)14(29)27(4)15(25)26-17(16,3)11-8-10(6-7-12(11)20)9-13(28)18(21,30-5)19(22,23)24/h6-8H,9H2,1-5H3,(H2,25,26)/t17-,18?/m1/s1. The van der Waals surface area contributed by atoms with Crippen LogP contribution in [0.3, 0.4) is 0 Å². The van der Waals surface area contributed by atoms with Gasteiger partial charge < -0.3 is 10.5 Å². The molecule has 11 heteroatoms. The highest BCUT2D eigenvalue weighted by Crippen LogP contribution is 2.47. The van der Waals surface area contributed by atoms with Crippen LogP contribution < -0.4 is 5.73 Å². The second kappa shape index (κ2) is 7.29. The number of halogens is 5. The maximum absolute atomic E-state index is 14.7. The predicted octanol–water partition coefficient (Wildman–Crippen LogP) is 2.84. The van der Waals surface area contributed by atoms with E-state index in [4.69, 9.17) is 5.73 Å². The molecule has 30 heavy (non-hydrogen) atoms. The van der Waals surface area contributed by atoms with Crippen LogP contribution in [-0.2, 0) is 26.3 Å². The fraction of sp³-hybridized carbons (Fsp3) is 0.526. The van der Waals surface area contributed by atoms with Gasteiger partial charge in [-0.3, -0.25) is 14.5 Å². The van der Waals surface area contributed by atoms with Gasteiger partial charge in [0.05, 0.1) is 5.41 Å². The SMILES string of the molecule is COC(F)(C(=O)Cc1ccc(F)c([C@@]2(C)N=C(N)N(C)C(=O)C2(C)C)c1)C(F)(F)F. The number of amides is 1. The lowest BCUT2D eigenvalue weighted by Crippen LogP contribution is -2.58. The number of nitrogens with two attached hydrogens (primary N) is 1. The van der Waals surface area contributed by atoms with Gasteiger partial charge in [0.2, 0.25) is 11.7 Å². The van der Waals surface area contributed by atoms with Crippen molar-refractivity contribution in [2.45, 2.75) is 44.8 Å². The van der Waals surface area contributed by atoms with E-state index in [2.05, 4.69) is 9.73 Å². The molecule has 0 spiro atoms. The van der Waals surface area contributed by atoms with Gasteiger partial charge in [-0.2, -0.15) is 17.6 Å². The third-order valence-electron chi connectivity index (χ3n) is 5.66. The van der Waals surface area contributed by atoms with Crippen LogP contribution in [0.1, 0.15) is 31.9 Å². The van der Waals surface area contributed by atoms with Crippen molar-refractivity contribution in [1.29, 1.82) is 0 Å². The number of alkyl halides is 4. The minimum absolute atomic E-state index is 0.114. The number of Topliss-reactive ketones (excluding diaryl/α,β-unsaturated/α-hetero) is 1. The number of benzene rings is 1. The molecule has 2 N–H and O–H groups in total. The number of hydrogen-bond acceptors (Lipinski definition) is 5. The van der Waals surface area contributed by atoms with E-state index in [0.29, 0.717) is 7.11 Å². The highest BCUT2D eigenvalue weighted by atomic mass is 19.4. The number of ketones is 1. The summed E-state index contributed by atoms with van der Waals surface area (Å²) in [5.74, 6) is -7.86. The Balaban J connectivity index is 2.55. The Kier molecular flexibility index (Phi) is 5.77. The lowest BCUT2D eigenvalue weighted by atomic mass is 9.67. The Bertz CT molecular complexity index is 915. The molecule has 166 valence electrons. The number of hydrogen-bond donors (Lipinski definition) is 1. The molecule has 0 saturated heterocycles.